The molecule has 31 heavy (non-hydrogen) atoms. The number of benzene rings is 1. The second-order valence-corrected chi connectivity index (χ2v) is 10.1. The molecule has 0 unspecified atom stereocenters. The van der Waals surface area contributed by atoms with Gasteiger partial charge in [-0.25, -0.2) is 4.98 Å². The van der Waals surface area contributed by atoms with Crippen molar-refractivity contribution in [2.24, 2.45) is 0 Å². The number of ketones is 1. The molecular formula is C23H25N3O3S2. The van der Waals surface area contributed by atoms with Gasteiger partial charge in [0.15, 0.2) is 10.9 Å². The van der Waals surface area contributed by atoms with Crippen molar-refractivity contribution in [3.63, 3.8) is 0 Å². The average Bonchev–Trinajstić information content (AvgIpc) is 3.35. The number of hydrogen-bond acceptors (Lipinski definition) is 6. The standard InChI is InChI=1S/C23H25N3O3S2/c1-13-15(3)31-21-20(13)22(29)26(16-8-4-5-9-16)23(25-21)30-12-19(28)24-18-11-7-6-10-17(18)14(2)27/h6-7,10-11,16H,4-5,8-9,12H2,1-3H3,(H,24,28). The third-order valence-electron chi connectivity index (χ3n) is 5.81. The molecule has 3 aromatic rings. The summed E-state index contributed by atoms with van der Waals surface area (Å²) in [5, 5.41) is 4.13. The summed E-state index contributed by atoms with van der Waals surface area (Å²) in [5.41, 5.74) is 1.98. The average molecular weight is 456 g/mol. The maximum Gasteiger partial charge on any atom is 0.263 e. The molecule has 0 saturated heterocycles. The molecule has 0 atom stereocenters. The maximum atomic E-state index is 13.4. The normalized spacial score (nSPS) is 14.3. The number of nitrogens with one attached hydrogen (secondary N) is 1. The molecule has 1 saturated carbocycles. The first-order valence-corrected chi connectivity index (χ1v) is 12.2. The highest BCUT2D eigenvalue weighted by molar-refractivity contribution is 7.99. The topological polar surface area (TPSA) is 81.1 Å². The van der Waals surface area contributed by atoms with E-state index in [9.17, 15) is 14.4 Å². The van der Waals surface area contributed by atoms with Gasteiger partial charge in [-0.3, -0.25) is 19.0 Å². The highest BCUT2D eigenvalue weighted by Gasteiger charge is 2.25. The predicted octanol–water partition coefficient (Wildman–Crippen LogP) is 5.12. The van der Waals surface area contributed by atoms with Gasteiger partial charge in [0.25, 0.3) is 5.56 Å². The molecule has 0 spiro atoms. The van der Waals surface area contributed by atoms with E-state index in [0.717, 1.165) is 41.0 Å². The first kappa shape index (κ1) is 21.8. The van der Waals surface area contributed by atoms with Crippen molar-refractivity contribution in [1.29, 1.82) is 0 Å². The van der Waals surface area contributed by atoms with Crippen LogP contribution in [0.15, 0.2) is 34.2 Å². The molecule has 1 aliphatic carbocycles. The van der Waals surface area contributed by atoms with Gasteiger partial charge in [-0.1, -0.05) is 36.7 Å². The van der Waals surface area contributed by atoms with Gasteiger partial charge in [0, 0.05) is 16.5 Å². The fourth-order valence-corrected chi connectivity index (χ4v) is 6.03. The molecule has 1 fully saturated rings. The van der Waals surface area contributed by atoms with E-state index in [1.165, 1.54) is 30.0 Å². The summed E-state index contributed by atoms with van der Waals surface area (Å²) in [7, 11) is 0. The number of amides is 1. The van der Waals surface area contributed by atoms with Crippen LogP contribution in [-0.4, -0.2) is 27.0 Å². The summed E-state index contributed by atoms with van der Waals surface area (Å²) in [6.07, 6.45) is 4.12. The number of nitrogens with zero attached hydrogens (tertiary/aromatic N) is 2. The number of anilines is 1. The van der Waals surface area contributed by atoms with Crippen LogP contribution in [0.5, 0.6) is 0 Å². The van der Waals surface area contributed by atoms with Crippen LogP contribution in [0.1, 0.15) is 59.4 Å². The van der Waals surface area contributed by atoms with Crippen molar-refractivity contribution < 1.29 is 9.59 Å². The summed E-state index contributed by atoms with van der Waals surface area (Å²) in [6.45, 7) is 5.46. The molecule has 1 N–H and O–H groups in total. The van der Waals surface area contributed by atoms with Gasteiger partial charge >= 0.3 is 0 Å². The van der Waals surface area contributed by atoms with E-state index >= 15 is 0 Å². The molecule has 1 aromatic carbocycles. The van der Waals surface area contributed by atoms with Crippen molar-refractivity contribution in [3.05, 3.63) is 50.6 Å². The van der Waals surface area contributed by atoms with E-state index < -0.39 is 0 Å². The molecule has 0 radical (unpaired) electrons. The molecule has 4 rings (SSSR count). The SMILES string of the molecule is CC(=O)c1ccccc1NC(=O)CSc1nc2sc(C)c(C)c2c(=O)n1C1CCCC1. The van der Waals surface area contributed by atoms with Crippen LogP contribution in [0.25, 0.3) is 10.2 Å². The number of aromatic nitrogens is 2. The number of para-hydroxylation sites is 1. The van der Waals surface area contributed by atoms with E-state index in [-0.39, 0.29) is 29.0 Å². The highest BCUT2D eigenvalue weighted by atomic mass is 32.2. The van der Waals surface area contributed by atoms with Crippen molar-refractivity contribution in [2.45, 2.75) is 57.7 Å². The summed E-state index contributed by atoms with van der Waals surface area (Å²) in [6, 6.07) is 7.10. The van der Waals surface area contributed by atoms with Gasteiger partial charge in [-0.15, -0.1) is 11.3 Å². The number of fused-ring (bicyclic) bond motifs is 1. The first-order valence-electron chi connectivity index (χ1n) is 10.4. The fraction of sp³-hybridized carbons (Fsp3) is 0.391. The van der Waals surface area contributed by atoms with Gasteiger partial charge in [-0.2, -0.15) is 0 Å². The molecule has 2 heterocycles. The second kappa shape index (κ2) is 8.96. The zero-order valence-corrected chi connectivity index (χ0v) is 19.5. The van der Waals surface area contributed by atoms with Gasteiger partial charge in [0.05, 0.1) is 16.8 Å². The lowest BCUT2D eigenvalue weighted by molar-refractivity contribution is -0.113. The van der Waals surface area contributed by atoms with Crippen molar-refractivity contribution in [1.82, 2.24) is 9.55 Å². The van der Waals surface area contributed by atoms with Crippen LogP contribution in [-0.2, 0) is 4.79 Å². The van der Waals surface area contributed by atoms with Crippen LogP contribution in [0.2, 0.25) is 0 Å². The molecule has 1 amide bonds. The molecule has 6 nitrogen and oxygen atoms in total. The van der Waals surface area contributed by atoms with Gasteiger partial charge < -0.3 is 5.32 Å². The number of carbonyl (C=O) groups excluding carboxylic acids is 2. The minimum absolute atomic E-state index is 0.00332. The summed E-state index contributed by atoms with van der Waals surface area (Å²) < 4.78 is 1.82. The van der Waals surface area contributed by atoms with Crippen molar-refractivity contribution in [3.8, 4) is 0 Å². The monoisotopic (exact) mass is 455 g/mol. The Hall–Kier alpha value is -2.45. The summed E-state index contributed by atoms with van der Waals surface area (Å²) >= 11 is 2.81. The third kappa shape index (κ3) is 4.32. The van der Waals surface area contributed by atoms with Crippen LogP contribution >= 0.6 is 23.1 Å². The zero-order chi connectivity index (χ0) is 22.1. The minimum atomic E-state index is -0.232. The molecule has 1 aliphatic rings. The molecular weight excluding hydrogens is 430 g/mol. The van der Waals surface area contributed by atoms with Crippen LogP contribution in [0.3, 0.4) is 0 Å². The number of aryl methyl sites for hydroxylation is 2. The quantitative estimate of drug-likeness (QED) is 0.317. The molecule has 0 aliphatic heterocycles. The van der Waals surface area contributed by atoms with E-state index in [1.54, 1.807) is 24.3 Å². The second-order valence-electron chi connectivity index (χ2n) is 7.91. The maximum absolute atomic E-state index is 13.4. The fourth-order valence-electron chi connectivity index (χ4n) is 4.09. The van der Waals surface area contributed by atoms with Crippen molar-refractivity contribution >= 4 is 50.7 Å². The molecule has 162 valence electrons. The van der Waals surface area contributed by atoms with E-state index in [1.807, 2.05) is 18.4 Å². The Labute approximate surface area is 189 Å². The van der Waals surface area contributed by atoms with Gasteiger partial charge in [-0.05, 0) is 51.3 Å². The van der Waals surface area contributed by atoms with Crippen LogP contribution < -0.4 is 10.9 Å². The van der Waals surface area contributed by atoms with Crippen molar-refractivity contribution in [2.75, 3.05) is 11.1 Å². The number of rotatable bonds is 6. The van der Waals surface area contributed by atoms with E-state index in [4.69, 9.17) is 4.98 Å². The highest BCUT2D eigenvalue weighted by Crippen LogP contribution is 2.34. The number of Topliss-reactive ketones (excluding diaryl/α,β-unsaturated/α-hetero) is 1. The predicted molar refractivity (Wildman–Crippen MR) is 127 cm³/mol. The van der Waals surface area contributed by atoms with Gasteiger partial charge in [0.2, 0.25) is 5.91 Å². The van der Waals surface area contributed by atoms with E-state index in [0.29, 0.717) is 21.8 Å². The van der Waals surface area contributed by atoms with E-state index in [2.05, 4.69) is 5.32 Å². The Balaban J connectivity index is 1.62. The lowest BCUT2D eigenvalue weighted by Crippen LogP contribution is -2.27. The van der Waals surface area contributed by atoms with Crippen LogP contribution in [0, 0.1) is 13.8 Å². The molecule has 8 heteroatoms. The zero-order valence-electron chi connectivity index (χ0n) is 17.9. The summed E-state index contributed by atoms with van der Waals surface area (Å²) in [4.78, 5) is 44.5. The summed E-state index contributed by atoms with van der Waals surface area (Å²) in [5.74, 6) is -0.223. The lowest BCUT2D eigenvalue weighted by Gasteiger charge is -2.18. The Kier molecular flexibility index (Phi) is 6.29. The number of hydrogen-bond donors (Lipinski definition) is 1. The third-order valence-corrected chi connectivity index (χ3v) is 7.86. The number of carbonyl (C=O) groups is 2. The number of thioether (sulfide) groups is 1. The Morgan fingerprint density at radius 2 is 1.94 bits per heavy atom. The Bertz CT molecular complexity index is 1220. The van der Waals surface area contributed by atoms with Crippen LogP contribution in [0.4, 0.5) is 5.69 Å². The van der Waals surface area contributed by atoms with Gasteiger partial charge in [0.1, 0.15) is 4.83 Å². The smallest absolute Gasteiger partial charge is 0.263 e. The minimum Gasteiger partial charge on any atom is -0.325 e. The number of thiophene rings is 1. The largest absolute Gasteiger partial charge is 0.325 e. The molecule has 0 bridgehead atoms. The Morgan fingerprint density at radius 3 is 2.65 bits per heavy atom. The lowest BCUT2D eigenvalue weighted by atomic mass is 10.1. The Morgan fingerprint density at radius 1 is 1.23 bits per heavy atom. The molecule has 2 aromatic heterocycles. The first-order chi connectivity index (χ1) is 14.9.